The zero-order chi connectivity index (χ0) is 11.9. The smallest absolute Gasteiger partial charge is 0.0911 e. The van der Waals surface area contributed by atoms with Crippen LogP contribution in [0, 0.1) is 0 Å². The van der Waals surface area contributed by atoms with Gasteiger partial charge in [-0.25, -0.2) is 0 Å². The lowest BCUT2D eigenvalue weighted by atomic mass is 10.0. The van der Waals surface area contributed by atoms with E-state index in [1.165, 1.54) is 5.56 Å². The van der Waals surface area contributed by atoms with Gasteiger partial charge in [-0.15, -0.1) is 0 Å². The fourth-order valence-corrected chi connectivity index (χ4v) is 1.80. The van der Waals surface area contributed by atoms with Crippen LogP contribution < -0.4 is 5.32 Å². The molecule has 0 saturated heterocycles. The predicted molar refractivity (Wildman–Crippen MR) is 71.0 cm³/mol. The van der Waals surface area contributed by atoms with E-state index < -0.39 is 0 Å². The molecule has 0 heterocycles. The van der Waals surface area contributed by atoms with Crippen molar-refractivity contribution in [2.75, 3.05) is 18.5 Å². The summed E-state index contributed by atoms with van der Waals surface area (Å²) in [5.41, 5.74) is 3.40. The largest absolute Gasteiger partial charge is 0.384 e. The maximum absolute atomic E-state index is 12.1. The summed E-state index contributed by atoms with van der Waals surface area (Å²) >= 11 is 0. The van der Waals surface area contributed by atoms with E-state index in [4.69, 9.17) is 0 Å². The van der Waals surface area contributed by atoms with Crippen LogP contribution in [0.1, 0.15) is 6.42 Å². The summed E-state index contributed by atoms with van der Waals surface area (Å²) in [5.74, 6) is 0. The summed E-state index contributed by atoms with van der Waals surface area (Å²) in [6.45, 7) is 0.390. The molecule has 2 aromatic rings. The summed E-state index contributed by atoms with van der Waals surface area (Å²) in [4.78, 5) is 0. The summed E-state index contributed by atoms with van der Waals surface area (Å²) < 4.78 is 12.1. The summed E-state index contributed by atoms with van der Waals surface area (Å²) in [6.07, 6.45) is 0.545. The number of alkyl halides is 1. The second-order valence-electron chi connectivity index (χ2n) is 3.88. The Bertz CT molecular complexity index is 453. The van der Waals surface area contributed by atoms with Crippen LogP contribution in [0.2, 0.25) is 0 Å². The fourth-order valence-electron chi connectivity index (χ4n) is 1.80. The van der Waals surface area contributed by atoms with Gasteiger partial charge in [0.25, 0.3) is 0 Å². The first-order chi connectivity index (χ1) is 8.42. The zero-order valence-electron chi connectivity index (χ0n) is 9.70. The van der Waals surface area contributed by atoms with Crippen LogP contribution in [0.5, 0.6) is 0 Å². The molecule has 0 amide bonds. The third-order valence-corrected chi connectivity index (χ3v) is 2.64. The minimum absolute atomic E-state index is 0.277. The highest BCUT2D eigenvalue weighted by Crippen LogP contribution is 2.27. The Morgan fingerprint density at radius 3 is 2.35 bits per heavy atom. The molecule has 0 aliphatic rings. The Labute approximate surface area is 101 Å². The molecule has 1 N–H and O–H groups in total. The van der Waals surface area contributed by atoms with Gasteiger partial charge in [0.05, 0.1) is 6.67 Å². The van der Waals surface area contributed by atoms with Crippen LogP contribution in [0.4, 0.5) is 10.1 Å². The van der Waals surface area contributed by atoms with Gasteiger partial charge in [-0.1, -0.05) is 48.5 Å². The van der Waals surface area contributed by atoms with Gasteiger partial charge >= 0.3 is 0 Å². The van der Waals surface area contributed by atoms with Gasteiger partial charge in [0.2, 0.25) is 0 Å². The fraction of sp³-hybridized carbons (Fsp3) is 0.200. The summed E-state index contributed by atoms with van der Waals surface area (Å²) in [7, 11) is 0. The van der Waals surface area contributed by atoms with Crippen molar-refractivity contribution < 1.29 is 4.39 Å². The van der Waals surface area contributed by atoms with Crippen molar-refractivity contribution in [1.82, 2.24) is 0 Å². The van der Waals surface area contributed by atoms with Crippen molar-refractivity contribution >= 4 is 5.69 Å². The standard InChI is InChI=1S/C15H16FN/c16-11-6-12-17-15-10-5-4-9-14(15)13-7-2-1-3-8-13/h1-5,7-10,17H,6,11-12H2. The lowest BCUT2D eigenvalue weighted by Gasteiger charge is -2.11. The van der Waals surface area contributed by atoms with Crippen molar-refractivity contribution in [1.29, 1.82) is 0 Å². The highest BCUT2D eigenvalue weighted by Gasteiger charge is 2.02. The van der Waals surface area contributed by atoms with Crippen LogP contribution in [0.3, 0.4) is 0 Å². The second kappa shape index (κ2) is 6.04. The Kier molecular flexibility index (Phi) is 4.14. The molecular formula is C15H16FN. The Hall–Kier alpha value is -1.83. The van der Waals surface area contributed by atoms with Crippen molar-refractivity contribution in [2.45, 2.75) is 6.42 Å². The maximum atomic E-state index is 12.1. The van der Waals surface area contributed by atoms with Crippen LogP contribution in [-0.4, -0.2) is 13.2 Å². The third kappa shape index (κ3) is 3.06. The van der Waals surface area contributed by atoms with Gasteiger partial charge in [-0.05, 0) is 18.1 Å². The van der Waals surface area contributed by atoms with E-state index in [1.54, 1.807) is 0 Å². The van der Waals surface area contributed by atoms with Gasteiger partial charge in [0.1, 0.15) is 0 Å². The molecule has 0 bridgehead atoms. The van der Waals surface area contributed by atoms with E-state index in [9.17, 15) is 4.39 Å². The predicted octanol–water partition coefficient (Wildman–Crippen LogP) is 4.13. The minimum Gasteiger partial charge on any atom is -0.384 e. The minimum atomic E-state index is -0.277. The molecule has 2 aromatic carbocycles. The number of halogens is 1. The van der Waals surface area contributed by atoms with Gasteiger partial charge < -0.3 is 5.32 Å². The quantitative estimate of drug-likeness (QED) is 0.760. The van der Waals surface area contributed by atoms with Crippen molar-refractivity contribution in [2.24, 2.45) is 0 Å². The number of para-hydroxylation sites is 1. The lowest BCUT2D eigenvalue weighted by molar-refractivity contribution is 0.481. The molecule has 17 heavy (non-hydrogen) atoms. The first-order valence-electron chi connectivity index (χ1n) is 5.86. The maximum Gasteiger partial charge on any atom is 0.0911 e. The van der Waals surface area contributed by atoms with Crippen molar-refractivity contribution in [3.05, 3.63) is 54.6 Å². The molecule has 0 saturated carbocycles. The van der Waals surface area contributed by atoms with Gasteiger partial charge in [-0.3, -0.25) is 4.39 Å². The van der Waals surface area contributed by atoms with E-state index in [1.807, 2.05) is 36.4 Å². The molecule has 88 valence electrons. The zero-order valence-corrected chi connectivity index (χ0v) is 9.70. The van der Waals surface area contributed by atoms with E-state index in [2.05, 4.69) is 23.5 Å². The van der Waals surface area contributed by atoms with E-state index in [0.717, 1.165) is 11.3 Å². The molecular weight excluding hydrogens is 213 g/mol. The average molecular weight is 229 g/mol. The Balaban J connectivity index is 2.22. The summed E-state index contributed by atoms with van der Waals surface area (Å²) in [5, 5.41) is 3.27. The number of hydrogen-bond acceptors (Lipinski definition) is 1. The number of hydrogen-bond donors (Lipinski definition) is 1. The van der Waals surface area contributed by atoms with Crippen LogP contribution in [0.15, 0.2) is 54.6 Å². The Morgan fingerprint density at radius 1 is 0.882 bits per heavy atom. The van der Waals surface area contributed by atoms with Gasteiger partial charge in [0.15, 0.2) is 0 Å². The molecule has 0 spiro atoms. The third-order valence-electron chi connectivity index (χ3n) is 2.64. The highest BCUT2D eigenvalue weighted by molar-refractivity contribution is 5.77. The van der Waals surface area contributed by atoms with Gasteiger partial charge in [-0.2, -0.15) is 0 Å². The van der Waals surface area contributed by atoms with E-state index >= 15 is 0 Å². The molecule has 0 fully saturated rings. The number of anilines is 1. The molecule has 2 heteroatoms. The van der Waals surface area contributed by atoms with E-state index in [-0.39, 0.29) is 6.67 Å². The van der Waals surface area contributed by atoms with Crippen LogP contribution in [0.25, 0.3) is 11.1 Å². The highest BCUT2D eigenvalue weighted by atomic mass is 19.1. The summed E-state index contributed by atoms with van der Waals surface area (Å²) in [6, 6.07) is 18.3. The number of benzene rings is 2. The van der Waals surface area contributed by atoms with E-state index in [0.29, 0.717) is 13.0 Å². The molecule has 2 rings (SSSR count). The normalized spacial score (nSPS) is 10.2. The second-order valence-corrected chi connectivity index (χ2v) is 3.88. The van der Waals surface area contributed by atoms with Crippen LogP contribution in [-0.2, 0) is 0 Å². The Morgan fingerprint density at radius 2 is 1.59 bits per heavy atom. The molecule has 0 unspecified atom stereocenters. The molecule has 1 nitrogen and oxygen atoms in total. The SMILES string of the molecule is FCCCNc1ccccc1-c1ccccc1. The first kappa shape index (κ1) is 11.6. The lowest BCUT2D eigenvalue weighted by Crippen LogP contribution is -2.03. The van der Waals surface area contributed by atoms with Crippen LogP contribution >= 0.6 is 0 Å². The van der Waals surface area contributed by atoms with Gasteiger partial charge in [0, 0.05) is 17.8 Å². The number of rotatable bonds is 5. The topological polar surface area (TPSA) is 12.0 Å². The molecule has 0 radical (unpaired) electrons. The number of nitrogens with one attached hydrogen (secondary N) is 1. The monoisotopic (exact) mass is 229 g/mol. The average Bonchev–Trinajstić information content (AvgIpc) is 2.41. The van der Waals surface area contributed by atoms with Crippen molar-refractivity contribution in [3.8, 4) is 11.1 Å². The molecule has 0 aliphatic carbocycles. The molecule has 0 aliphatic heterocycles. The molecule has 0 atom stereocenters. The van der Waals surface area contributed by atoms with Crippen molar-refractivity contribution in [3.63, 3.8) is 0 Å². The molecule has 0 aromatic heterocycles. The first-order valence-corrected chi connectivity index (χ1v) is 5.86.